The maximum absolute atomic E-state index is 11.4. The molecule has 1 unspecified atom stereocenters. The Labute approximate surface area is 90.2 Å². The fraction of sp³-hybridized carbons (Fsp3) is 0.111. The van der Waals surface area contributed by atoms with E-state index < -0.39 is 18.0 Å². The molecule has 2 N–H and O–H groups in total. The standard InChI is InChI=1S/C9H7ClN2O3/c10-6-3-1-5(2-4-6)7-8(13)12(15)9(14)11-7/h1-4,7,15H,(H,11,14). The van der Waals surface area contributed by atoms with E-state index in [1.165, 1.54) is 0 Å². The average molecular weight is 227 g/mol. The van der Waals surface area contributed by atoms with Crippen LogP contribution in [0.4, 0.5) is 4.79 Å². The second kappa shape index (κ2) is 3.52. The van der Waals surface area contributed by atoms with Crippen LogP contribution < -0.4 is 5.32 Å². The molecule has 0 aliphatic carbocycles. The molecule has 2 rings (SSSR count). The van der Waals surface area contributed by atoms with Crippen LogP contribution in [0.5, 0.6) is 0 Å². The normalized spacial score (nSPS) is 20.7. The van der Waals surface area contributed by atoms with E-state index in [4.69, 9.17) is 16.8 Å². The molecular weight excluding hydrogens is 220 g/mol. The molecule has 1 aliphatic rings. The Morgan fingerprint density at radius 3 is 2.33 bits per heavy atom. The van der Waals surface area contributed by atoms with E-state index in [2.05, 4.69) is 5.32 Å². The van der Waals surface area contributed by atoms with Crippen molar-refractivity contribution < 1.29 is 14.8 Å². The number of imide groups is 1. The van der Waals surface area contributed by atoms with Crippen LogP contribution in [0.1, 0.15) is 11.6 Å². The summed E-state index contributed by atoms with van der Waals surface area (Å²) in [5, 5.41) is 11.9. The van der Waals surface area contributed by atoms with Crippen molar-refractivity contribution in [3.8, 4) is 0 Å². The highest BCUT2D eigenvalue weighted by Crippen LogP contribution is 2.21. The summed E-state index contributed by atoms with van der Waals surface area (Å²) < 4.78 is 0. The number of nitrogens with zero attached hydrogens (tertiary/aromatic N) is 1. The molecule has 1 atom stereocenters. The number of benzene rings is 1. The SMILES string of the molecule is O=C1NC(c2ccc(Cl)cc2)C(=O)N1O. The largest absolute Gasteiger partial charge is 0.349 e. The van der Waals surface area contributed by atoms with E-state index >= 15 is 0 Å². The first-order chi connectivity index (χ1) is 7.09. The van der Waals surface area contributed by atoms with Crippen molar-refractivity contribution in [2.45, 2.75) is 6.04 Å². The molecule has 78 valence electrons. The average Bonchev–Trinajstić information content (AvgIpc) is 2.47. The number of hydroxylamine groups is 2. The van der Waals surface area contributed by atoms with Crippen LogP contribution in [0.3, 0.4) is 0 Å². The van der Waals surface area contributed by atoms with Gasteiger partial charge in [0.25, 0.3) is 5.91 Å². The van der Waals surface area contributed by atoms with Gasteiger partial charge in [-0.1, -0.05) is 23.7 Å². The number of halogens is 1. The number of rotatable bonds is 1. The molecule has 0 spiro atoms. The second-order valence-corrected chi connectivity index (χ2v) is 3.52. The topological polar surface area (TPSA) is 69.6 Å². The minimum absolute atomic E-state index is 0.0687. The molecule has 1 saturated heterocycles. The van der Waals surface area contributed by atoms with Crippen LogP contribution in [0.2, 0.25) is 5.02 Å². The molecule has 1 aromatic carbocycles. The Morgan fingerprint density at radius 2 is 1.87 bits per heavy atom. The minimum atomic E-state index is -0.834. The quantitative estimate of drug-likeness (QED) is 0.561. The first kappa shape index (κ1) is 9.95. The predicted molar refractivity (Wildman–Crippen MR) is 51.4 cm³/mol. The third kappa shape index (κ3) is 1.67. The van der Waals surface area contributed by atoms with Gasteiger partial charge in [0.15, 0.2) is 0 Å². The maximum Gasteiger partial charge on any atom is 0.349 e. The van der Waals surface area contributed by atoms with Gasteiger partial charge in [0.2, 0.25) is 0 Å². The van der Waals surface area contributed by atoms with Gasteiger partial charge >= 0.3 is 6.03 Å². The summed E-state index contributed by atoms with van der Waals surface area (Å²) in [6, 6.07) is 4.79. The number of carbonyl (C=O) groups excluding carboxylic acids is 2. The first-order valence-corrected chi connectivity index (χ1v) is 4.56. The van der Waals surface area contributed by atoms with Crippen LogP contribution in [-0.2, 0) is 4.79 Å². The summed E-state index contributed by atoms with van der Waals surface area (Å²) in [7, 11) is 0. The number of amides is 3. The molecule has 1 heterocycles. The van der Waals surface area contributed by atoms with Gasteiger partial charge in [-0.2, -0.15) is 0 Å². The zero-order chi connectivity index (χ0) is 11.0. The molecule has 6 heteroatoms. The van der Waals surface area contributed by atoms with Gasteiger partial charge in [0.05, 0.1) is 0 Å². The summed E-state index contributed by atoms with van der Waals surface area (Å²) in [6.07, 6.45) is 0. The van der Waals surface area contributed by atoms with Gasteiger partial charge in [0, 0.05) is 5.02 Å². The zero-order valence-electron chi connectivity index (χ0n) is 7.48. The molecular formula is C9H7ClN2O3. The number of nitrogens with one attached hydrogen (secondary N) is 1. The van der Waals surface area contributed by atoms with Gasteiger partial charge in [0.1, 0.15) is 6.04 Å². The van der Waals surface area contributed by atoms with Gasteiger partial charge in [-0.25, -0.2) is 4.79 Å². The molecule has 5 nitrogen and oxygen atoms in total. The van der Waals surface area contributed by atoms with E-state index in [0.717, 1.165) is 0 Å². The van der Waals surface area contributed by atoms with Crippen LogP contribution in [0.15, 0.2) is 24.3 Å². The zero-order valence-corrected chi connectivity index (χ0v) is 8.23. The van der Waals surface area contributed by atoms with Crippen LogP contribution in [0.25, 0.3) is 0 Å². The Bertz CT molecular complexity index is 418. The summed E-state index contributed by atoms with van der Waals surface area (Å²) in [5.74, 6) is -0.692. The number of hydrogen-bond acceptors (Lipinski definition) is 3. The lowest BCUT2D eigenvalue weighted by molar-refractivity contribution is -0.149. The van der Waals surface area contributed by atoms with Crippen molar-refractivity contribution in [2.75, 3.05) is 0 Å². The van der Waals surface area contributed by atoms with Crippen molar-refractivity contribution >= 4 is 23.5 Å². The summed E-state index contributed by atoms with van der Waals surface area (Å²) in [6.45, 7) is 0. The van der Waals surface area contributed by atoms with Crippen LogP contribution in [-0.4, -0.2) is 22.2 Å². The maximum atomic E-state index is 11.4. The van der Waals surface area contributed by atoms with Crippen molar-refractivity contribution in [3.63, 3.8) is 0 Å². The summed E-state index contributed by atoms with van der Waals surface area (Å²) in [5.41, 5.74) is 0.578. The second-order valence-electron chi connectivity index (χ2n) is 3.08. The lowest BCUT2D eigenvalue weighted by Gasteiger charge is -2.06. The smallest absolute Gasteiger partial charge is 0.320 e. The van der Waals surface area contributed by atoms with Crippen molar-refractivity contribution in [3.05, 3.63) is 34.9 Å². The third-order valence-corrected chi connectivity index (χ3v) is 2.37. The van der Waals surface area contributed by atoms with Gasteiger partial charge < -0.3 is 5.32 Å². The molecule has 0 radical (unpaired) electrons. The first-order valence-electron chi connectivity index (χ1n) is 4.18. The van der Waals surface area contributed by atoms with Gasteiger partial charge in [-0.3, -0.25) is 10.0 Å². The number of urea groups is 1. The Balaban J connectivity index is 2.29. The predicted octanol–water partition coefficient (Wildman–Crippen LogP) is 1.32. The highest BCUT2D eigenvalue weighted by molar-refractivity contribution is 6.30. The minimum Gasteiger partial charge on any atom is -0.320 e. The van der Waals surface area contributed by atoms with Crippen molar-refractivity contribution in [2.24, 2.45) is 0 Å². The lowest BCUT2D eigenvalue weighted by atomic mass is 10.1. The molecule has 0 saturated carbocycles. The molecule has 1 fully saturated rings. The molecule has 0 aromatic heterocycles. The summed E-state index contributed by atoms with van der Waals surface area (Å²) >= 11 is 5.68. The fourth-order valence-corrected chi connectivity index (χ4v) is 1.48. The molecule has 1 aliphatic heterocycles. The molecule has 3 amide bonds. The Kier molecular flexibility index (Phi) is 2.34. The van der Waals surface area contributed by atoms with Crippen molar-refractivity contribution in [1.29, 1.82) is 0 Å². The highest BCUT2D eigenvalue weighted by atomic mass is 35.5. The summed E-state index contributed by atoms with van der Waals surface area (Å²) in [4.78, 5) is 22.3. The van der Waals surface area contributed by atoms with Gasteiger partial charge in [-0.05, 0) is 17.7 Å². The Hall–Kier alpha value is -1.59. The molecule has 0 bridgehead atoms. The van der Waals surface area contributed by atoms with E-state index in [-0.39, 0.29) is 5.06 Å². The van der Waals surface area contributed by atoms with E-state index in [9.17, 15) is 9.59 Å². The van der Waals surface area contributed by atoms with E-state index in [1.807, 2.05) is 0 Å². The van der Waals surface area contributed by atoms with Gasteiger partial charge in [-0.15, -0.1) is 5.06 Å². The number of carbonyl (C=O) groups is 2. The number of hydrogen-bond donors (Lipinski definition) is 2. The monoisotopic (exact) mass is 226 g/mol. The van der Waals surface area contributed by atoms with E-state index in [1.54, 1.807) is 24.3 Å². The lowest BCUT2D eigenvalue weighted by Crippen LogP contribution is -2.26. The highest BCUT2D eigenvalue weighted by Gasteiger charge is 2.38. The Morgan fingerprint density at radius 1 is 1.27 bits per heavy atom. The van der Waals surface area contributed by atoms with Crippen LogP contribution in [0, 0.1) is 0 Å². The molecule has 1 aromatic rings. The van der Waals surface area contributed by atoms with E-state index in [0.29, 0.717) is 10.6 Å². The fourth-order valence-electron chi connectivity index (χ4n) is 1.35. The van der Waals surface area contributed by atoms with Crippen molar-refractivity contribution in [1.82, 2.24) is 10.4 Å². The third-order valence-electron chi connectivity index (χ3n) is 2.12. The van der Waals surface area contributed by atoms with Crippen LogP contribution >= 0.6 is 11.6 Å². The molecule has 15 heavy (non-hydrogen) atoms.